The van der Waals surface area contributed by atoms with Gasteiger partial charge in [-0.3, -0.25) is 4.79 Å². The number of ether oxygens (including phenoxy) is 1. The summed E-state index contributed by atoms with van der Waals surface area (Å²) < 4.78 is 10.8. The highest BCUT2D eigenvalue weighted by Crippen LogP contribution is 2.26. The van der Waals surface area contributed by atoms with Gasteiger partial charge >= 0.3 is 11.6 Å². The summed E-state index contributed by atoms with van der Waals surface area (Å²) in [5.41, 5.74) is 2.73. The van der Waals surface area contributed by atoms with Gasteiger partial charge in [-0.2, -0.15) is 0 Å². The molecule has 0 spiro atoms. The van der Waals surface area contributed by atoms with Gasteiger partial charge in [0.1, 0.15) is 17.4 Å². The summed E-state index contributed by atoms with van der Waals surface area (Å²) in [5.74, 6) is -0.316. The zero-order valence-corrected chi connectivity index (χ0v) is 15.8. The molecule has 26 heavy (non-hydrogen) atoms. The molecule has 1 heterocycles. The molecule has 3 rings (SSSR count). The average molecular weight is 368 g/mol. The summed E-state index contributed by atoms with van der Waals surface area (Å²) in [7, 11) is 0. The average Bonchev–Trinajstić information content (AvgIpc) is 2.63. The molecule has 1 atom stereocenters. The topological polar surface area (TPSA) is 56.5 Å². The number of aryl methyl sites for hydroxylation is 2. The lowest BCUT2D eigenvalue weighted by Gasteiger charge is -2.13. The fourth-order valence-electron chi connectivity index (χ4n) is 2.66. The Kier molecular flexibility index (Phi) is 5.47. The molecule has 0 aliphatic heterocycles. The van der Waals surface area contributed by atoms with Crippen molar-refractivity contribution in [1.82, 2.24) is 0 Å². The molecule has 4 nitrogen and oxygen atoms in total. The van der Waals surface area contributed by atoms with Crippen LogP contribution in [0.2, 0.25) is 0 Å². The molecule has 0 aliphatic carbocycles. The number of fused-ring (bicyclic) bond motifs is 1. The Morgan fingerprint density at radius 1 is 1.15 bits per heavy atom. The molecular formula is C21H20O4S. The van der Waals surface area contributed by atoms with Gasteiger partial charge in [-0.15, -0.1) is 11.8 Å². The molecule has 1 aromatic heterocycles. The van der Waals surface area contributed by atoms with Crippen molar-refractivity contribution < 1.29 is 13.9 Å². The van der Waals surface area contributed by atoms with Gasteiger partial charge in [0.05, 0.1) is 0 Å². The third-order valence-electron chi connectivity index (χ3n) is 4.28. The number of benzene rings is 2. The van der Waals surface area contributed by atoms with Crippen LogP contribution in [0.1, 0.15) is 23.6 Å². The third-order valence-corrected chi connectivity index (χ3v) is 5.37. The quantitative estimate of drug-likeness (QED) is 0.373. The Hall–Kier alpha value is -2.53. The van der Waals surface area contributed by atoms with Gasteiger partial charge in [-0.05, 0) is 44.0 Å². The van der Waals surface area contributed by atoms with E-state index in [1.54, 1.807) is 0 Å². The summed E-state index contributed by atoms with van der Waals surface area (Å²) in [6.45, 7) is 5.73. The summed E-state index contributed by atoms with van der Waals surface area (Å²) in [5, 5.41) is 0.455. The molecule has 3 aromatic rings. The van der Waals surface area contributed by atoms with Gasteiger partial charge in [0.25, 0.3) is 0 Å². The van der Waals surface area contributed by atoms with E-state index in [0.717, 1.165) is 21.4 Å². The van der Waals surface area contributed by atoms with E-state index in [1.165, 1.54) is 17.8 Å². The molecule has 0 saturated heterocycles. The Bertz CT molecular complexity index is 992. The van der Waals surface area contributed by atoms with E-state index < -0.39 is 5.63 Å². The van der Waals surface area contributed by atoms with Gasteiger partial charge in [0.2, 0.25) is 0 Å². The summed E-state index contributed by atoms with van der Waals surface area (Å²) in [4.78, 5) is 25.2. The van der Waals surface area contributed by atoms with Crippen molar-refractivity contribution in [3.05, 3.63) is 75.6 Å². The van der Waals surface area contributed by atoms with Gasteiger partial charge in [0, 0.05) is 21.9 Å². The second-order valence-electron chi connectivity index (χ2n) is 6.16. The van der Waals surface area contributed by atoms with E-state index in [0.29, 0.717) is 11.1 Å². The SMILES string of the molecule is Cc1ccc2c(COC(=O)[C@@H](C)Sc3ccccc3)cc(=O)oc2c1C. The number of rotatable bonds is 5. The number of hydrogen-bond acceptors (Lipinski definition) is 5. The van der Waals surface area contributed by atoms with E-state index in [4.69, 9.17) is 9.15 Å². The number of esters is 1. The second kappa shape index (κ2) is 7.79. The van der Waals surface area contributed by atoms with Gasteiger partial charge in [0.15, 0.2) is 0 Å². The van der Waals surface area contributed by atoms with Crippen LogP contribution < -0.4 is 5.63 Å². The number of carbonyl (C=O) groups excluding carboxylic acids is 1. The van der Waals surface area contributed by atoms with E-state index in [1.807, 2.05) is 63.2 Å². The van der Waals surface area contributed by atoms with Crippen molar-refractivity contribution in [2.24, 2.45) is 0 Å². The maximum absolute atomic E-state index is 12.3. The maximum Gasteiger partial charge on any atom is 0.336 e. The predicted octanol–water partition coefficient (Wildman–Crippen LogP) is 4.63. The molecular weight excluding hydrogens is 348 g/mol. The lowest BCUT2D eigenvalue weighted by Crippen LogP contribution is -2.17. The molecule has 0 N–H and O–H groups in total. The van der Waals surface area contributed by atoms with Crippen LogP contribution in [0.4, 0.5) is 0 Å². The Balaban J connectivity index is 1.76. The zero-order chi connectivity index (χ0) is 18.7. The first kappa shape index (κ1) is 18.3. The third kappa shape index (κ3) is 3.99. The molecule has 0 aliphatic rings. The molecule has 134 valence electrons. The largest absolute Gasteiger partial charge is 0.460 e. The first-order valence-electron chi connectivity index (χ1n) is 8.37. The molecule has 0 radical (unpaired) electrons. The second-order valence-corrected chi connectivity index (χ2v) is 7.57. The van der Waals surface area contributed by atoms with Crippen LogP contribution in [0, 0.1) is 13.8 Å². The van der Waals surface area contributed by atoms with Crippen LogP contribution in [0.15, 0.2) is 62.6 Å². The van der Waals surface area contributed by atoms with Crippen LogP contribution >= 0.6 is 11.8 Å². The summed E-state index contributed by atoms with van der Waals surface area (Å²) in [6.07, 6.45) is 0. The van der Waals surface area contributed by atoms with E-state index >= 15 is 0 Å². The van der Waals surface area contributed by atoms with Crippen molar-refractivity contribution >= 4 is 28.7 Å². The van der Waals surface area contributed by atoms with Crippen LogP contribution in [0.5, 0.6) is 0 Å². The first-order valence-corrected chi connectivity index (χ1v) is 9.25. The van der Waals surface area contributed by atoms with E-state index in [2.05, 4.69) is 0 Å². The van der Waals surface area contributed by atoms with Crippen molar-refractivity contribution in [3.63, 3.8) is 0 Å². The molecule has 5 heteroatoms. The van der Waals surface area contributed by atoms with Gasteiger partial charge in [-0.1, -0.05) is 30.3 Å². The van der Waals surface area contributed by atoms with Crippen LogP contribution in [0.25, 0.3) is 11.0 Å². The normalized spacial score (nSPS) is 12.1. The van der Waals surface area contributed by atoms with Crippen LogP contribution in [0.3, 0.4) is 0 Å². The minimum atomic E-state index is -0.441. The van der Waals surface area contributed by atoms with Crippen molar-refractivity contribution in [3.8, 4) is 0 Å². The highest BCUT2D eigenvalue weighted by molar-refractivity contribution is 8.00. The molecule has 0 amide bonds. The van der Waals surface area contributed by atoms with Gasteiger partial charge < -0.3 is 9.15 Å². The van der Waals surface area contributed by atoms with Crippen LogP contribution in [-0.4, -0.2) is 11.2 Å². The highest BCUT2D eigenvalue weighted by Gasteiger charge is 2.17. The number of thioether (sulfide) groups is 1. The molecule has 0 fully saturated rings. The molecule has 0 saturated carbocycles. The Morgan fingerprint density at radius 3 is 2.62 bits per heavy atom. The predicted molar refractivity (Wildman–Crippen MR) is 104 cm³/mol. The minimum Gasteiger partial charge on any atom is -0.460 e. The van der Waals surface area contributed by atoms with E-state index in [-0.39, 0.29) is 17.8 Å². The Labute approximate surface area is 156 Å². The summed E-state index contributed by atoms with van der Waals surface area (Å²) in [6, 6.07) is 15.0. The monoisotopic (exact) mass is 368 g/mol. The smallest absolute Gasteiger partial charge is 0.336 e. The van der Waals surface area contributed by atoms with Crippen LogP contribution in [-0.2, 0) is 16.1 Å². The minimum absolute atomic E-state index is 0.0448. The molecule has 0 unspecified atom stereocenters. The molecule has 0 bridgehead atoms. The fraction of sp³-hybridized carbons (Fsp3) is 0.238. The fourth-order valence-corrected chi connectivity index (χ4v) is 3.55. The molecule has 2 aromatic carbocycles. The van der Waals surface area contributed by atoms with Crippen molar-refractivity contribution in [2.75, 3.05) is 0 Å². The van der Waals surface area contributed by atoms with Crippen molar-refractivity contribution in [2.45, 2.75) is 37.5 Å². The number of hydrogen-bond donors (Lipinski definition) is 0. The maximum atomic E-state index is 12.3. The zero-order valence-electron chi connectivity index (χ0n) is 14.9. The summed E-state index contributed by atoms with van der Waals surface area (Å²) >= 11 is 1.44. The lowest BCUT2D eigenvalue weighted by molar-refractivity contribution is -0.143. The highest BCUT2D eigenvalue weighted by atomic mass is 32.2. The van der Waals surface area contributed by atoms with Crippen molar-refractivity contribution in [1.29, 1.82) is 0 Å². The first-order chi connectivity index (χ1) is 12.5. The van der Waals surface area contributed by atoms with E-state index in [9.17, 15) is 9.59 Å². The lowest BCUT2D eigenvalue weighted by atomic mass is 10.0. The Morgan fingerprint density at radius 2 is 1.88 bits per heavy atom. The number of carbonyl (C=O) groups is 1. The standard InChI is InChI=1S/C21H20O4S/c1-13-9-10-18-16(11-19(22)25-20(18)14(13)2)12-24-21(23)15(3)26-17-7-5-4-6-8-17/h4-11,15H,12H2,1-3H3/t15-/m1/s1. The van der Waals surface area contributed by atoms with Gasteiger partial charge in [-0.25, -0.2) is 4.79 Å².